The molecule has 0 spiro atoms. The van der Waals surface area contributed by atoms with E-state index < -0.39 is 0 Å². The average molecular weight is 425 g/mol. The molecule has 6 heteroatoms. The van der Waals surface area contributed by atoms with Gasteiger partial charge < -0.3 is 19.1 Å². The molecule has 31 heavy (non-hydrogen) atoms. The molecule has 0 bridgehead atoms. The third-order valence-electron chi connectivity index (χ3n) is 6.01. The minimum Gasteiger partial charge on any atom is -0.464 e. The number of para-hydroxylation sites is 1. The van der Waals surface area contributed by atoms with Gasteiger partial charge in [-0.15, -0.1) is 0 Å². The Labute approximate surface area is 184 Å². The quantitative estimate of drug-likeness (QED) is 0.456. The van der Waals surface area contributed by atoms with Gasteiger partial charge in [-0.2, -0.15) is 0 Å². The summed E-state index contributed by atoms with van der Waals surface area (Å²) in [7, 11) is 0. The van der Waals surface area contributed by atoms with Crippen LogP contribution < -0.4 is 4.90 Å². The molecule has 1 unspecified atom stereocenters. The zero-order valence-electron chi connectivity index (χ0n) is 18.3. The van der Waals surface area contributed by atoms with Crippen LogP contribution in [0.15, 0.2) is 48.5 Å². The molecule has 0 amide bonds. The van der Waals surface area contributed by atoms with E-state index in [2.05, 4.69) is 58.3 Å². The summed E-state index contributed by atoms with van der Waals surface area (Å²) in [6, 6.07) is 18.1. The van der Waals surface area contributed by atoms with Gasteiger partial charge in [0.15, 0.2) is 0 Å². The van der Waals surface area contributed by atoms with Gasteiger partial charge >= 0.3 is 5.97 Å². The monoisotopic (exact) mass is 424 g/mol. The van der Waals surface area contributed by atoms with E-state index in [0.29, 0.717) is 32.5 Å². The first kappa shape index (κ1) is 21.8. The molecule has 0 aliphatic carbocycles. The van der Waals surface area contributed by atoms with Crippen molar-refractivity contribution in [2.24, 2.45) is 0 Å². The zero-order chi connectivity index (χ0) is 21.5. The van der Waals surface area contributed by atoms with Crippen LogP contribution in [0.2, 0.25) is 0 Å². The van der Waals surface area contributed by atoms with E-state index >= 15 is 0 Å². The maximum atomic E-state index is 11.2. The van der Waals surface area contributed by atoms with Gasteiger partial charge in [-0.25, -0.2) is 4.79 Å². The number of nitrogens with zero attached hydrogens (tertiary/aromatic N) is 2. The Morgan fingerprint density at radius 3 is 2.61 bits per heavy atom. The number of hydrogen-bond donors (Lipinski definition) is 0. The first-order valence-electron chi connectivity index (χ1n) is 11.2. The number of piperazine rings is 1. The van der Waals surface area contributed by atoms with Gasteiger partial charge in [-0.1, -0.05) is 42.5 Å². The van der Waals surface area contributed by atoms with Gasteiger partial charge in [0, 0.05) is 31.9 Å². The van der Waals surface area contributed by atoms with Crippen molar-refractivity contribution in [3.63, 3.8) is 0 Å². The van der Waals surface area contributed by atoms with Crippen LogP contribution >= 0.6 is 0 Å². The van der Waals surface area contributed by atoms with Crippen LogP contribution in [0.1, 0.15) is 29.7 Å². The number of carbonyl (C=O) groups excluding carboxylic acids is 1. The van der Waals surface area contributed by atoms with E-state index in [4.69, 9.17) is 14.2 Å². The molecule has 166 valence electrons. The highest BCUT2D eigenvalue weighted by atomic mass is 16.6. The number of fused-ring (bicyclic) bond motifs is 5. The molecule has 4 rings (SSSR count). The first-order valence-corrected chi connectivity index (χ1v) is 11.2. The lowest BCUT2D eigenvalue weighted by Gasteiger charge is -2.43. The summed E-state index contributed by atoms with van der Waals surface area (Å²) in [5.41, 5.74) is 5.66. The second kappa shape index (κ2) is 10.8. The van der Waals surface area contributed by atoms with Crippen molar-refractivity contribution in [2.75, 3.05) is 64.1 Å². The highest BCUT2D eigenvalue weighted by molar-refractivity contribution is 5.70. The summed E-state index contributed by atoms with van der Waals surface area (Å²) in [5.74, 6) is -0.328. The van der Waals surface area contributed by atoms with Crippen molar-refractivity contribution < 1.29 is 19.0 Å². The largest absolute Gasteiger partial charge is 0.464 e. The van der Waals surface area contributed by atoms with Gasteiger partial charge in [-0.05, 0) is 36.1 Å². The van der Waals surface area contributed by atoms with Crippen LogP contribution in [0.4, 0.5) is 5.69 Å². The number of carbonyl (C=O) groups is 1. The van der Waals surface area contributed by atoms with E-state index in [0.717, 1.165) is 32.6 Å². The Balaban J connectivity index is 1.29. The lowest BCUT2D eigenvalue weighted by atomic mass is 9.96. The van der Waals surface area contributed by atoms with Crippen LogP contribution in [0.5, 0.6) is 0 Å². The summed E-state index contributed by atoms with van der Waals surface area (Å²) < 4.78 is 15.8. The molecule has 1 saturated heterocycles. The maximum Gasteiger partial charge on any atom is 0.332 e. The van der Waals surface area contributed by atoms with Crippen LogP contribution in [0.25, 0.3) is 0 Å². The predicted molar refractivity (Wildman–Crippen MR) is 120 cm³/mol. The van der Waals surface area contributed by atoms with Crippen molar-refractivity contribution in [1.29, 1.82) is 0 Å². The van der Waals surface area contributed by atoms with Crippen molar-refractivity contribution >= 4 is 11.7 Å². The molecule has 0 saturated carbocycles. The number of anilines is 1. The summed E-state index contributed by atoms with van der Waals surface area (Å²) in [4.78, 5) is 16.3. The van der Waals surface area contributed by atoms with E-state index in [1.165, 1.54) is 22.4 Å². The molecule has 0 radical (unpaired) electrons. The molecule has 0 N–H and O–H groups in total. The Morgan fingerprint density at radius 1 is 0.968 bits per heavy atom. The summed E-state index contributed by atoms with van der Waals surface area (Å²) >= 11 is 0. The molecular formula is C25H32N2O4. The zero-order valence-corrected chi connectivity index (χ0v) is 18.3. The maximum absolute atomic E-state index is 11.2. The van der Waals surface area contributed by atoms with E-state index in [9.17, 15) is 4.79 Å². The predicted octanol–water partition coefficient (Wildman–Crippen LogP) is 3.05. The smallest absolute Gasteiger partial charge is 0.332 e. The van der Waals surface area contributed by atoms with Crippen LogP contribution in [-0.4, -0.2) is 70.1 Å². The Hall–Kier alpha value is -2.41. The van der Waals surface area contributed by atoms with Crippen LogP contribution in [-0.2, 0) is 25.4 Å². The lowest BCUT2D eigenvalue weighted by molar-refractivity contribution is -0.148. The second-order valence-electron chi connectivity index (χ2n) is 7.98. The Bertz CT molecular complexity index is 872. The average Bonchev–Trinajstić information content (AvgIpc) is 2.93. The number of hydrogen-bond acceptors (Lipinski definition) is 6. The molecule has 2 aliphatic heterocycles. The van der Waals surface area contributed by atoms with Gasteiger partial charge in [0.1, 0.15) is 6.61 Å². The normalized spacial score (nSPS) is 18.0. The topological polar surface area (TPSA) is 51.2 Å². The SMILES string of the molecule is CCOC(=O)COCCOCCN1CCN2c3ccccc3Cc3ccccc3C2C1. The van der Waals surface area contributed by atoms with Crippen LogP contribution in [0.3, 0.4) is 0 Å². The second-order valence-corrected chi connectivity index (χ2v) is 7.98. The van der Waals surface area contributed by atoms with Gasteiger partial charge in [-0.3, -0.25) is 4.90 Å². The standard InChI is InChI=1S/C25H32N2O4/c1-2-31-25(28)19-30-16-15-29-14-13-26-11-12-27-23-10-6-4-8-21(23)17-20-7-3-5-9-22(20)24(27)18-26/h3-10,24H,2,11-19H2,1H3. The molecule has 2 aromatic rings. The number of esters is 1. The molecule has 2 aliphatic rings. The molecular weight excluding hydrogens is 392 g/mol. The van der Waals surface area contributed by atoms with Crippen LogP contribution in [0, 0.1) is 0 Å². The lowest BCUT2D eigenvalue weighted by Crippen LogP contribution is -2.49. The highest BCUT2D eigenvalue weighted by Crippen LogP contribution is 2.38. The molecule has 2 aromatic carbocycles. The molecule has 2 heterocycles. The fourth-order valence-corrected chi connectivity index (χ4v) is 4.53. The number of rotatable bonds is 9. The van der Waals surface area contributed by atoms with Gasteiger partial charge in [0.2, 0.25) is 0 Å². The third-order valence-corrected chi connectivity index (χ3v) is 6.01. The fraction of sp³-hybridized carbons (Fsp3) is 0.480. The van der Waals surface area contributed by atoms with Crippen molar-refractivity contribution in [2.45, 2.75) is 19.4 Å². The number of ether oxygens (including phenoxy) is 3. The van der Waals surface area contributed by atoms with Crippen molar-refractivity contribution in [1.82, 2.24) is 4.90 Å². The molecule has 1 fully saturated rings. The van der Waals surface area contributed by atoms with Gasteiger partial charge in [0.25, 0.3) is 0 Å². The molecule has 6 nitrogen and oxygen atoms in total. The summed E-state index contributed by atoms with van der Waals surface area (Å²) in [6.07, 6.45) is 0.994. The number of benzene rings is 2. The summed E-state index contributed by atoms with van der Waals surface area (Å²) in [6.45, 7) is 7.62. The molecule has 0 aromatic heterocycles. The van der Waals surface area contributed by atoms with Crippen molar-refractivity contribution in [3.05, 3.63) is 65.2 Å². The highest BCUT2D eigenvalue weighted by Gasteiger charge is 2.32. The summed E-state index contributed by atoms with van der Waals surface area (Å²) in [5, 5.41) is 0. The van der Waals surface area contributed by atoms with Crippen molar-refractivity contribution in [3.8, 4) is 0 Å². The first-order chi connectivity index (χ1) is 15.3. The van der Waals surface area contributed by atoms with E-state index in [-0.39, 0.29) is 12.6 Å². The molecule has 1 atom stereocenters. The minimum atomic E-state index is -0.328. The third kappa shape index (κ3) is 5.45. The van der Waals surface area contributed by atoms with Gasteiger partial charge in [0.05, 0.1) is 32.5 Å². The van der Waals surface area contributed by atoms with E-state index in [1.54, 1.807) is 6.92 Å². The minimum absolute atomic E-state index is 0.0122. The Morgan fingerprint density at radius 2 is 1.74 bits per heavy atom. The van der Waals surface area contributed by atoms with E-state index in [1.807, 2.05) is 0 Å². The fourth-order valence-electron chi connectivity index (χ4n) is 4.53. The Kier molecular flexibility index (Phi) is 7.57.